The molecule has 0 aliphatic heterocycles. The third-order valence-corrected chi connectivity index (χ3v) is 1.24. The van der Waals surface area contributed by atoms with Crippen LogP contribution in [0.1, 0.15) is 39.0 Å². The van der Waals surface area contributed by atoms with Crippen LogP contribution < -0.4 is 0 Å². The van der Waals surface area contributed by atoms with Gasteiger partial charge in [0.2, 0.25) is 0 Å². The lowest BCUT2D eigenvalue weighted by Crippen LogP contribution is -1.67. The Hall–Kier alpha value is -0.390. The van der Waals surface area contributed by atoms with Gasteiger partial charge in [-0.2, -0.15) is 0 Å². The van der Waals surface area contributed by atoms with Gasteiger partial charge in [-0.15, -0.1) is 0 Å². The molecule has 0 aliphatic carbocycles. The van der Waals surface area contributed by atoms with E-state index < -0.39 is 0 Å². The van der Waals surface area contributed by atoms with Crippen LogP contribution in [0.4, 0.5) is 0 Å². The molecule has 0 amide bonds. The molecular formula is C9H17+. The SMILES string of the molecule is [CH2+]CCCC=CCCC. The monoisotopic (exact) mass is 125 g/mol. The molecule has 0 saturated heterocycles. The molecule has 0 unspecified atom stereocenters. The van der Waals surface area contributed by atoms with E-state index in [9.17, 15) is 0 Å². The predicted octanol–water partition coefficient (Wildman–Crippen LogP) is 3.35. The summed E-state index contributed by atoms with van der Waals surface area (Å²) < 4.78 is 0. The van der Waals surface area contributed by atoms with E-state index in [0.29, 0.717) is 0 Å². The average molecular weight is 125 g/mol. The molecule has 0 atom stereocenters. The molecule has 0 aromatic rings. The lowest BCUT2D eigenvalue weighted by Gasteiger charge is -1.84. The first-order valence-electron chi connectivity index (χ1n) is 3.86. The number of allylic oxidation sites excluding steroid dienone is 2. The smallest absolute Gasteiger partial charge is 0.0853 e. The van der Waals surface area contributed by atoms with Crippen molar-refractivity contribution in [1.82, 2.24) is 0 Å². The molecule has 0 aromatic heterocycles. The van der Waals surface area contributed by atoms with Gasteiger partial charge < -0.3 is 0 Å². The average Bonchev–Trinajstić information content (AvgIpc) is 1.89. The van der Waals surface area contributed by atoms with Crippen molar-refractivity contribution in [3.63, 3.8) is 0 Å². The van der Waals surface area contributed by atoms with E-state index in [-0.39, 0.29) is 0 Å². The largest absolute Gasteiger partial charge is 0.0885 e. The molecule has 0 bridgehead atoms. The highest BCUT2D eigenvalue weighted by Crippen LogP contribution is 1.96. The first-order chi connectivity index (χ1) is 4.41. The molecule has 52 valence electrons. The summed E-state index contributed by atoms with van der Waals surface area (Å²) in [5.41, 5.74) is 0. The molecular weight excluding hydrogens is 108 g/mol. The summed E-state index contributed by atoms with van der Waals surface area (Å²) in [6, 6.07) is 0. The van der Waals surface area contributed by atoms with E-state index in [2.05, 4.69) is 26.0 Å². The molecule has 0 heterocycles. The Balaban J connectivity index is 2.86. The Morgan fingerprint density at radius 3 is 2.44 bits per heavy atom. The van der Waals surface area contributed by atoms with Crippen molar-refractivity contribution >= 4 is 0 Å². The van der Waals surface area contributed by atoms with Crippen molar-refractivity contribution in [2.45, 2.75) is 39.0 Å². The maximum Gasteiger partial charge on any atom is 0.0853 e. The van der Waals surface area contributed by atoms with Crippen molar-refractivity contribution in [1.29, 1.82) is 0 Å². The molecule has 0 heteroatoms. The van der Waals surface area contributed by atoms with Crippen LogP contribution in [0.5, 0.6) is 0 Å². The van der Waals surface area contributed by atoms with Crippen LogP contribution in [0.3, 0.4) is 0 Å². The van der Waals surface area contributed by atoms with Crippen LogP contribution in [0.15, 0.2) is 12.2 Å². The van der Waals surface area contributed by atoms with Gasteiger partial charge in [-0.1, -0.05) is 25.5 Å². The molecule has 0 rings (SSSR count). The van der Waals surface area contributed by atoms with Crippen molar-refractivity contribution in [2.75, 3.05) is 0 Å². The van der Waals surface area contributed by atoms with Crippen LogP contribution in [-0.2, 0) is 0 Å². The maximum absolute atomic E-state index is 3.77. The number of hydrogen-bond donors (Lipinski definition) is 0. The van der Waals surface area contributed by atoms with Crippen LogP contribution in [0, 0.1) is 6.92 Å². The minimum atomic E-state index is 1.07. The number of unbranched alkanes of at least 4 members (excludes halogenated alkanes) is 3. The third kappa shape index (κ3) is 7.61. The highest BCUT2D eigenvalue weighted by atomic mass is 13.8. The van der Waals surface area contributed by atoms with Gasteiger partial charge in [-0.05, 0) is 19.3 Å². The quantitative estimate of drug-likeness (QED) is 0.300. The van der Waals surface area contributed by atoms with Crippen LogP contribution in [-0.4, -0.2) is 0 Å². The van der Waals surface area contributed by atoms with Gasteiger partial charge in [-0.3, -0.25) is 0 Å². The van der Waals surface area contributed by atoms with Gasteiger partial charge in [0, 0.05) is 0 Å². The highest BCUT2D eigenvalue weighted by Gasteiger charge is 1.80. The van der Waals surface area contributed by atoms with E-state index in [4.69, 9.17) is 0 Å². The van der Waals surface area contributed by atoms with Gasteiger partial charge >= 0.3 is 0 Å². The molecule has 0 saturated carbocycles. The van der Waals surface area contributed by atoms with Crippen molar-refractivity contribution in [3.8, 4) is 0 Å². The Kier molecular flexibility index (Phi) is 7.28. The molecule has 0 fully saturated rings. The van der Waals surface area contributed by atoms with E-state index in [1.165, 1.54) is 25.7 Å². The molecule has 0 aliphatic rings. The number of hydrogen-bond acceptors (Lipinski definition) is 0. The van der Waals surface area contributed by atoms with Crippen molar-refractivity contribution in [3.05, 3.63) is 19.1 Å². The van der Waals surface area contributed by atoms with Gasteiger partial charge in [-0.25, -0.2) is 0 Å². The lowest BCUT2D eigenvalue weighted by atomic mass is 10.2. The summed E-state index contributed by atoms with van der Waals surface area (Å²) in [7, 11) is 0. The fraction of sp³-hybridized carbons (Fsp3) is 0.667. The van der Waals surface area contributed by atoms with Gasteiger partial charge in [0.05, 0.1) is 13.3 Å². The van der Waals surface area contributed by atoms with E-state index in [1.807, 2.05) is 0 Å². The zero-order valence-electron chi connectivity index (χ0n) is 6.40. The van der Waals surface area contributed by atoms with Crippen molar-refractivity contribution < 1.29 is 0 Å². The third-order valence-electron chi connectivity index (χ3n) is 1.24. The summed E-state index contributed by atoms with van der Waals surface area (Å²) in [6.07, 6.45) is 10.5. The second-order valence-electron chi connectivity index (χ2n) is 2.26. The second kappa shape index (κ2) is 7.61. The Morgan fingerprint density at radius 2 is 1.89 bits per heavy atom. The minimum Gasteiger partial charge on any atom is -0.0885 e. The van der Waals surface area contributed by atoms with Gasteiger partial charge in [0.1, 0.15) is 0 Å². The molecule has 0 spiro atoms. The lowest BCUT2D eigenvalue weighted by molar-refractivity contribution is 0.857. The summed E-state index contributed by atoms with van der Waals surface area (Å²) in [6.45, 7) is 5.97. The summed E-state index contributed by atoms with van der Waals surface area (Å²) in [5.74, 6) is 0. The Bertz CT molecular complexity index is 62.4. The van der Waals surface area contributed by atoms with Crippen LogP contribution in [0.25, 0.3) is 0 Å². The maximum atomic E-state index is 3.77. The fourth-order valence-corrected chi connectivity index (χ4v) is 0.665. The highest BCUT2D eigenvalue weighted by molar-refractivity contribution is 4.80. The van der Waals surface area contributed by atoms with E-state index in [0.717, 1.165) is 6.42 Å². The molecule has 0 nitrogen and oxygen atoms in total. The molecule has 0 N–H and O–H groups in total. The van der Waals surface area contributed by atoms with Crippen LogP contribution >= 0.6 is 0 Å². The fourth-order valence-electron chi connectivity index (χ4n) is 0.665. The standard InChI is InChI=1S/C9H17/c1-3-5-7-9-8-6-4-2/h8-9H,1,3-7H2,2H3/q+1. The normalized spacial score (nSPS) is 10.8. The topological polar surface area (TPSA) is 0 Å². The van der Waals surface area contributed by atoms with Crippen LogP contribution in [0.2, 0.25) is 0 Å². The molecule has 0 radical (unpaired) electrons. The Labute approximate surface area is 59.0 Å². The second-order valence-corrected chi connectivity index (χ2v) is 2.26. The zero-order valence-corrected chi connectivity index (χ0v) is 6.40. The van der Waals surface area contributed by atoms with Gasteiger partial charge in [0.15, 0.2) is 0 Å². The van der Waals surface area contributed by atoms with Crippen molar-refractivity contribution in [2.24, 2.45) is 0 Å². The molecule has 9 heavy (non-hydrogen) atoms. The summed E-state index contributed by atoms with van der Waals surface area (Å²) >= 11 is 0. The summed E-state index contributed by atoms with van der Waals surface area (Å²) in [5, 5.41) is 0. The van der Waals surface area contributed by atoms with Gasteiger partial charge in [0.25, 0.3) is 0 Å². The summed E-state index contributed by atoms with van der Waals surface area (Å²) in [4.78, 5) is 0. The van der Waals surface area contributed by atoms with E-state index in [1.54, 1.807) is 0 Å². The number of rotatable bonds is 5. The first-order valence-corrected chi connectivity index (χ1v) is 3.86. The van der Waals surface area contributed by atoms with E-state index >= 15 is 0 Å². The Morgan fingerprint density at radius 1 is 1.22 bits per heavy atom. The molecule has 0 aromatic carbocycles. The zero-order chi connectivity index (χ0) is 6.95. The predicted molar refractivity (Wildman–Crippen MR) is 43.3 cm³/mol. The first kappa shape index (κ1) is 8.61. The minimum absolute atomic E-state index is 1.07.